The molecular formula is C11H10F3NOS. The van der Waals surface area contributed by atoms with E-state index in [9.17, 15) is 18.0 Å². The maximum atomic E-state index is 12.2. The van der Waals surface area contributed by atoms with E-state index in [2.05, 4.69) is 4.98 Å². The number of allylic oxidation sites excluding steroid dienone is 2. The van der Waals surface area contributed by atoms with E-state index in [-0.39, 0.29) is 0 Å². The number of carbonyl (C=O) groups excluding carboxylic acids is 1. The Morgan fingerprint density at radius 1 is 1.35 bits per heavy atom. The molecule has 17 heavy (non-hydrogen) atoms. The van der Waals surface area contributed by atoms with Gasteiger partial charge in [-0.05, 0) is 24.6 Å². The Morgan fingerprint density at radius 2 is 2.12 bits per heavy atom. The third-order valence-electron chi connectivity index (χ3n) is 1.81. The largest absolute Gasteiger partial charge is 0.417 e. The van der Waals surface area contributed by atoms with Crippen LogP contribution in [0.3, 0.4) is 0 Å². The molecular weight excluding hydrogens is 251 g/mol. The van der Waals surface area contributed by atoms with Gasteiger partial charge in [-0.25, -0.2) is 4.98 Å². The van der Waals surface area contributed by atoms with Gasteiger partial charge in [0.25, 0.3) is 0 Å². The molecule has 1 heterocycles. The molecule has 0 aliphatic rings. The molecule has 0 aliphatic heterocycles. The molecule has 0 aromatic carbocycles. The van der Waals surface area contributed by atoms with Gasteiger partial charge in [-0.2, -0.15) is 13.2 Å². The molecule has 0 fully saturated rings. The van der Waals surface area contributed by atoms with Crippen molar-refractivity contribution in [3.63, 3.8) is 0 Å². The molecule has 0 atom stereocenters. The monoisotopic (exact) mass is 261 g/mol. The normalized spacial score (nSPS) is 11.9. The van der Waals surface area contributed by atoms with Crippen molar-refractivity contribution in [2.45, 2.75) is 17.6 Å². The van der Waals surface area contributed by atoms with Gasteiger partial charge in [0.1, 0.15) is 6.29 Å². The van der Waals surface area contributed by atoms with Crippen LogP contribution in [0.25, 0.3) is 0 Å². The number of nitrogens with zero attached hydrogens (tertiary/aromatic N) is 1. The molecule has 0 aliphatic carbocycles. The zero-order valence-electron chi connectivity index (χ0n) is 8.78. The van der Waals surface area contributed by atoms with Crippen LogP contribution < -0.4 is 0 Å². The average Bonchev–Trinajstić information content (AvgIpc) is 2.28. The van der Waals surface area contributed by atoms with Crippen molar-refractivity contribution in [3.05, 3.63) is 36.0 Å². The lowest BCUT2D eigenvalue weighted by Gasteiger charge is -2.06. The molecule has 0 N–H and O–H groups in total. The SMILES string of the molecule is O=C/C=C/CCSc1ccc(C(F)(F)F)cn1. The fourth-order valence-electron chi connectivity index (χ4n) is 1.02. The number of carbonyl (C=O) groups is 1. The van der Waals surface area contributed by atoms with Crippen molar-refractivity contribution < 1.29 is 18.0 Å². The van der Waals surface area contributed by atoms with E-state index in [1.54, 1.807) is 6.08 Å². The maximum Gasteiger partial charge on any atom is 0.417 e. The molecule has 0 amide bonds. The Hall–Kier alpha value is -1.30. The summed E-state index contributed by atoms with van der Waals surface area (Å²) in [7, 11) is 0. The molecule has 1 aromatic rings. The quantitative estimate of drug-likeness (QED) is 0.352. The van der Waals surface area contributed by atoms with Gasteiger partial charge >= 0.3 is 6.18 Å². The number of hydrogen-bond acceptors (Lipinski definition) is 3. The summed E-state index contributed by atoms with van der Waals surface area (Å²) in [6.07, 6.45) is 0.921. The summed E-state index contributed by atoms with van der Waals surface area (Å²) in [5.41, 5.74) is -0.747. The lowest BCUT2D eigenvalue weighted by Crippen LogP contribution is -2.05. The Balaban J connectivity index is 2.46. The van der Waals surface area contributed by atoms with Gasteiger partial charge in [-0.1, -0.05) is 6.08 Å². The second-order valence-corrected chi connectivity index (χ2v) is 4.20. The van der Waals surface area contributed by atoms with Gasteiger partial charge in [0.15, 0.2) is 0 Å². The zero-order chi connectivity index (χ0) is 12.7. The summed E-state index contributed by atoms with van der Waals surface area (Å²) < 4.78 is 36.7. The highest BCUT2D eigenvalue weighted by molar-refractivity contribution is 7.99. The van der Waals surface area contributed by atoms with Crippen molar-refractivity contribution in [2.24, 2.45) is 0 Å². The van der Waals surface area contributed by atoms with Crippen molar-refractivity contribution in [3.8, 4) is 0 Å². The highest BCUT2D eigenvalue weighted by atomic mass is 32.2. The van der Waals surface area contributed by atoms with Gasteiger partial charge in [0.05, 0.1) is 10.6 Å². The molecule has 0 spiro atoms. The number of aldehydes is 1. The van der Waals surface area contributed by atoms with Crippen molar-refractivity contribution in [2.75, 3.05) is 5.75 Å². The molecule has 1 rings (SSSR count). The standard InChI is InChI=1S/C11H10F3NOS/c12-11(13,14)9-4-5-10(15-8-9)17-7-3-1-2-6-16/h1-2,4-6,8H,3,7H2/b2-1+. The third-order valence-corrected chi connectivity index (χ3v) is 2.79. The number of thioether (sulfide) groups is 1. The first kappa shape index (κ1) is 13.8. The highest BCUT2D eigenvalue weighted by Crippen LogP contribution is 2.29. The van der Waals surface area contributed by atoms with Gasteiger partial charge in [0.2, 0.25) is 0 Å². The van der Waals surface area contributed by atoms with Gasteiger partial charge in [-0.15, -0.1) is 11.8 Å². The highest BCUT2D eigenvalue weighted by Gasteiger charge is 2.30. The van der Waals surface area contributed by atoms with Crippen LogP contribution in [0.15, 0.2) is 35.5 Å². The molecule has 1 aromatic heterocycles. The third kappa shape index (κ3) is 5.04. The van der Waals surface area contributed by atoms with E-state index in [1.165, 1.54) is 23.9 Å². The van der Waals surface area contributed by atoms with E-state index < -0.39 is 11.7 Å². The molecule has 0 saturated carbocycles. The Kier molecular flexibility index (Phi) is 5.21. The first-order valence-corrected chi connectivity index (χ1v) is 5.79. The van der Waals surface area contributed by atoms with Crippen LogP contribution >= 0.6 is 11.8 Å². The van der Waals surface area contributed by atoms with E-state index in [0.29, 0.717) is 23.5 Å². The van der Waals surface area contributed by atoms with Gasteiger partial charge in [-0.3, -0.25) is 4.79 Å². The summed E-state index contributed by atoms with van der Waals surface area (Å²) in [4.78, 5) is 13.7. The van der Waals surface area contributed by atoms with Crippen LogP contribution in [0.2, 0.25) is 0 Å². The van der Waals surface area contributed by atoms with Crippen LogP contribution in [-0.2, 0) is 11.0 Å². The maximum absolute atomic E-state index is 12.2. The first-order valence-electron chi connectivity index (χ1n) is 4.80. The smallest absolute Gasteiger partial charge is 0.299 e. The Labute approximate surface area is 101 Å². The molecule has 92 valence electrons. The van der Waals surface area contributed by atoms with Crippen LogP contribution in [0, 0.1) is 0 Å². The van der Waals surface area contributed by atoms with E-state index in [1.807, 2.05) is 0 Å². The first-order chi connectivity index (χ1) is 8.04. The molecule has 0 unspecified atom stereocenters. The predicted molar refractivity (Wildman–Crippen MR) is 59.8 cm³/mol. The minimum Gasteiger partial charge on any atom is -0.299 e. The van der Waals surface area contributed by atoms with E-state index >= 15 is 0 Å². The van der Waals surface area contributed by atoms with Crippen LogP contribution in [0.1, 0.15) is 12.0 Å². The second-order valence-electron chi connectivity index (χ2n) is 3.08. The van der Waals surface area contributed by atoms with Crippen molar-refractivity contribution in [1.29, 1.82) is 0 Å². The zero-order valence-corrected chi connectivity index (χ0v) is 9.59. The van der Waals surface area contributed by atoms with Crippen LogP contribution in [-0.4, -0.2) is 17.0 Å². The number of hydrogen-bond donors (Lipinski definition) is 0. The average molecular weight is 261 g/mol. The fraction of sp³-hybridized carbons (Fsp3) is 0.273. The van der Waals surface area contributed by atoms with Crippen molar-refractivity contribution in [1.82, 2.24) is 4.98 Å². The number of rotatable bonds is 5. The molecule has 0 radical (unpaired) electrons. The molecule has 2 nitrogen and oxygen atoms in total. The summed E-state index contributed by atoms with van der Waals surface area (Å²) in [6, 6.07) is 2.35. The van der Waals surface area contributed by atoms with Crippen molar-refractivity contribution >= 4 is 18.0 Å². The minimum atomic E-state index is -4.34. The van der Waals surface area contributed by atoms with Crippen LogP contribution in [0.4, 0.5) is 13.2 Å². The van der Waals surface area contributed by atoms with Gasteiger partial charge in [0, 0.05) is 11.9 Å². The molecule has 0 bridgehead atoms. The second kappa shape index (κ2) is 6.44. The molecule has 6 heteroatoms. The Morgan fingerprint density at radius 3 is 2.65 bits per heavy atom. The van der Waals surface area contributed by atoms with E-state index in [4.69, 9.17) is 0 Å². The predicted octanol–water partition coefficient (Wildman–Crippen LogP) is 3.34. The lowest BCUT2D eigenvalue weighted by molar-refractivity contribution is -0.137. The van der Waals surface area contributed by atoms with Crippen LogP contribution in [0.5, 0.6) is 0 Å². The fourth-order valence-corrected chi connectivity index (χ4v) is 1.77. The molecule has 0 saturated heterocycles. The summed E-state index contributed by atoms with van der Waals surface area (Å²) in [6.45, 7) is 0. The lowest BCUT2D eigenvalue weighted by atomic mass is 10.3. The Bertz CT molecular complexity index is 387. The minimum absolute atomic E-state index is 0.539. The number of aromatic nitrogens is 1. The number of halogens is 3. The summed E-state index contributed by atoms with van der Waals surface area (Å²) in [5.74, 6) is 0.669. The topological polar surface area (TPSA) is 30.0 Å². The van der Waals surface area contributed by atoms with E-state index in [0.717, 1.165) is 12.3 Å². The number of pyridine rings is 1. The summed E-state index contributed by atoms with van der Waals surface area (Å²) in [5, 5.41) is 0.539. The summed E-state index contributed by atoms with van der Waals surface area (Å²) >= 11 is 1.34. The number of alkyl halides is 3. The van der Waals surface area contributed by atoms with Gasteiger partial charge < -0.3 is 0 Å².